The summed E-state index contributed by atoms with van der Waals surface area (Å²) in [6.45, 7) is 6.56. The summed E-state index contributed by atoms with van der Waals surface area (Å²) in [6, 6.07) is 3.01. The van der Waals surface area contributed by atoms with E-state index in [0.29, 0.717) is 38.1 Å². The molecule has 1 spiro atoms. The first kappa shape index (κ1) is 17.8. The van der Waals surface area contributed by atoms with Crippen molar-refractivity contribution >= 4 is 23.4 Å². The Morgan fingerprint density at radius 1 is 1.36 bits per heavy atom. The third-order valence-electron chi connectivity index (χ3n) is 4.49. The Kier molecular flexibility index (Phi) is 4.31. The number of amides is 1. The Balaban J connectivity index is 1.68. The molecule has 25 heavy (non-hydrogen) atoms. The molecule has 0 radical (unpaired) electrons. The highest BCUT2D eigenvalue weighted by atomic mass is 35.5. The summed E-state index contributed by atoms with van der Waals surface area (Å²) in [4.78, 5) is 24.4. The molecule has 1 aromatic carbocycles. The monoisotopic (exact) mass is 368 g/mol. The minimum absolute atomic E-state index is 0.0759. The highest BCUT2D eigenvalue weighted by Crippen LogP contribution is 2.44. The van der Waals surface area contributed by atoms with Gasteiger partial charge in [0.05, 0.1) is 4.92 Å². The van der Waals surface area contributed by atoms with Crippen LogP contribution in [0, 0.1) is 10.1 Å². The van der Waals surface area contributed by atoms with Crippen molar-refractivity contribution in [1.29, 1.82) is 0 Å². The second kappa shape index (κ2) is 6.05. The molecule has 3 rings (SSSR count). The van der Waals surface area contributed by atoms with Crippen LogP contribution in [0.3, 0.4) is 0 Å². The first-order valence-electron chi connectivity index (χ1n) is 8.22. The van der Waals surface area contributed by atoms with E-state index in [1.807, 2.05) is 20.8 Å². The van der Waals surface area contributed by atoms with E-state index in [9.17, 15) is 14.9 Å². The topological polar surface area (TPSA) is 81.9 Å². The van der Waals surface area contributed by atoms with Crippen LogP contribution in [0.5, 0.6) is 5.75 Å². The van der Waals surface area contributed by atoms with Gasteiger partial charge >= 0.3 is 6.09 Å². The molecule has 1 aromatic rings. The van der Waals surface area contributed by atoms with E-state index in [0.717, 1.165) is 5.56 Å². The second-order valence-corrected chi connectivity index (χ2v) is 8.00. The predicted molar refractivity (Wildman–Crippen MR) is 92.2 cm³/mol. The minimum atomic E-state index is -0.526. The number of hydrogen-bond acceptors (Lipinski definition) is 5. The minimum Gasteiger partial charge on any atom is -0.486 e. The van der Waals surface area contributed by atoms with Gasteiger partial charge in [-0.25, -0.2) is 4.79 Å². The van der Waals surface area contributed by atoms with Crippen LogP contribution in [0.4, 0.5) is 10.5 Å². The van der Waals surface area contributed by atoms with Gasteiger partial charge in [-0.3, -0.25) is 10.1 Å². The van der Waals surface area contributed by atoms with Crippen LogP contribution in [0.1, 0.15) is 39.2 Å². The summed E-state index contributed by atoms with van der Waals surface area (Å²) < 4.78 is 11.5. The maximum atomic E-state index is 12.2. The molecule has 0 saturated carbocycles. The van der Waals surface area contributed by atoms with Crippen LogP contribution in [0.15, 0.2) is 12.1 Å². The summed E-state index contributed by atoms with van der Waals surface area (Å²) >= 11 is 5.97. The van der Waals surface area contributed by atoms with Gasteiger partial charge in [-0.15, -0.1) is 0 Å². The van der Waals surface area contributed by atoms with Crippen molar-refractivity contribution < 1.29 is 19.2 Å². The molecule has 0 bridgehead atoms. The number of nitro groups is 1. The zero-order valence-electron chi connectivity index (χ0n) is 14.5. The van der Waals surface area contributed by atoms with Crippen molar-refractivity contribution in [3.63, 3.8) is 0 Å². The van der Waals surface area contributed by atoms with Gasteiger partial charge in [-0.2, -0.15) is 0 Å². The number of fused-ring (bicyclic) bond motifs is 1. The lowest BCUT2D eigenvalue weighted by molar-refractivity contribution is -0.384. The fourth-order valence-corrected chi connectivity index (χ4v) is 3.50. The molecule has 1 amide bonds. The summed E-state index contributed by atoms with van der Waals surface area (Å²) in [5.41, 5.74) is -0.268. The van der Waals surface area contributed by atoms with E-state index in [1.165, 1.54) is 12.1 Å². The molecule has 0 aromatic heterocycles. The SMILES string of the molecule is CC(C)(C)OC(=O)N1CCC2(CC1)Cc1cc([N+](=O)[O-])c(Cl)cc1O2. The number of halogens is 1. The van der Waals surface area contributed by atoms with Crippen LogP contribution >= 0.6 is 11.6 Å². The molecular formula is C17H21ClN2O5. The number of piperidine rings is 1. The van der Waals surface area contributed by atoms with Crippen LogP contribution in [-0.4, -0.2) is 40.2 Å². The van der Waals surface area contributed by atoms with Crippen LogP contribution in [0.2, 0.25) is 5.02 Å². The standard InChI is InChI=1S/C17H21ClN2O5/c1-16(2,3)25-15(21)19-6-4-17(5-7-19)10-11-8-13(20(22)23)12(18)9-14(11)24-17/h8-9H,4-7,10H2,1-3H3. The molecule has 0 N–H and O–H groups in total. The average molecular weight is 369 g/mol. The van der Waals surface area contributed by atoms with E-state index >= 15 is 0 Å². The van der Waals surface area contributed by atoms with Gasteiger partial charge in [0.15, 0.2) is 0 Å². The van der Waals surface area contributed by atoms with Gasteiger partial charge in [0.25, 0.3) is 5.69 Å². The van der Waals surface area contributed by atoms with Gasteiger partial charge in [0.1, 0.15) is 22.0 Å². The van der Waals surface area contributed by atoms with Crippen molar-refractivity contribution in [3.8, 4) is 5.75 Å². The molecule has 1 fully saturated rings. The van der Waals surface area contributed by atoms with Crippen LogP contribution in [-0.2, 0) is 11.2 Å². The van der Waals surface area contributed by atoms with Crippen LogP contribution in [0.25, 0.3) is 0 Å². The third-order valence-corrected chi connectivity index (χ3v) is 4.79. The lowest BCUT2D eigenvalue weighted by Crippen LogP contribution is -2.50. The summed E-state index contributed by atoms with van der Waals surface area (Å²) in [7, 11) is 0. The number of carbonyl (C=O) groups excluding carboxylic acids is 1. The van der Waals surface area contributed by atoms with Gasteiger partial charge in [-0.1, -0.05) is 11.6 Å². The number of nitro benzene ring substituents is 1. The number of nitrogens with zero attached hydrogens (tertiary/aromatic N) is 2. The number of rotatable bonds is 1. The molecule has 136 valence electrons. The van der Waals surface area contributed by atoms with Gasteiger partial charge in [0.2, 0.25) is 0 Å². The van der Waals surface area contributed by atoms with E-state index in [4.69, 9.17) is 21.1 Å². The Morgan fingerprint density at radius 3 is 2.56 bits per heavy atom. The quantitative estimate of drug-likeness (QED) is 0.553. The molecule has 2 aliphatic heterocycles. The van der Waals surface area contributed by atoms with Crippen molar-refractivity contribution in [2.75, 3.05) is 13.1 Å². The molecular weight excluding hydrogens is 348 g/mol. The number of ether oxygens (including phenoxy) is 2. The Bertz CT molecular complexity index is 720. The largest absolute Gasteiger partial charge is 0.486 e. The zero-order valence-corrected chi connectivity index (χ0v) is 15.3. The van der Waals surface area contributed by atoms with Crippen molar-refractivity contribution in [1.82, 2.24) is 4.90 Å². The first-order chi connectivity index (χ1) is 11.6. The first-order valence-corrected chi connectivity index (χ1v) is 8.60. The molecule has 8 heteroatoms. The highest BCUT2D eigenvalue weighted by molar-refractivity contribution is 6.32. The fraction of sp³-hybridized carbons (Fsp3) is 0.588. The molecule has 0 aliphatic carbocycles. The van der Waals surface area contributed by atoms with Crippen molar-refractivity contribution in [2.45, 2.75) is 51.2 Å². The number of likely N-dealkylation sites (tertiary alicyclic amines) is 1. The number of hydrogen-bond donors (Lipinski definition) is 0. The predicted octanol–water partition coefficient (Wildman–Crippen LogP) is 3.95. The summed E-state index contributed by atoms with van der Waals surface area (Å²) in [5.74, 6) is 0.598. The molecule has 1 saturated heterocycles. The van der Waals surface area contributed by atoms with Gasteiger partial charge in [-0.05, 0) is 20.8 Å². The fourth-order valence-electron chi connectivity index (χ4n) is 3.28. The van der Waals surface area contributed by atoms with E-state index in [2.05, 4.69) is 0 Å². The van der Waals surface area contributed by atoms with Crippen LogP contribution < -0.4 is 4.74 Å². The Labute approximate surface area is 151 Å². The highest BCUT2D eigenvalue weighted by Gasteiger charge is 2.44. The maximum Gasteiger partial charge on any atom is 0.410 e. The molecule has 0 unspecified atom stereocenters. The van der Waals surface area contributed by atoms with E-state index in [1.54, 1.807) is 4.90 Å². The zero-order chi connectivity index (χ0) is 18.4. The molecule has 2 heterocycles. The van der Waals surface area contributed by atoms with Gasteiger partial charge < -0.3 is 14.4 Å². The third kappa shape index (κ3) is 3.66. The maximum absolute atomic E-state index is 12.2. The summed E-state index contributed by atoms with van der Waals surface area (Å²) in [6.07, 6.45) is 1.55. The molecule has 7 nitrogen and oxygen atoms in total. The lowest BCUT2D eigenvalue weighted by Gasteiger charge is -2.39. The Hall–Kier alpha value is -2.02. The Morgan fingerprint density at radius 2 is 2.00 bits per heavy atom. The average Bonchev–Trinajstić information content (AvgIpc) is 2.81. The van der Waals surface area contributed by atoms with E-state index < -0.39 is 16.1 Å². The smallest absolute Gasteiger partial charge is 0.410 e. The number of benzene rings is 1. The normalized spacial score (nSPS) is 18.6. The lowest BCUT2D eigenvalue weighted by atomic mass is 9.87. The van der Waals surface area contributed by atoms with E-state index in [-0.39, 0.29) is 16.8 Å². The van der Waals surface area contributed by atoms with Crippen molar-refractivity contribution in [2.24, 2.45) is 0 Å². The van der Waals surface area contributed by atoms with Crippen molar-refractivity contribution in [3.05, 3.63) is 32.8 Å². The molecule has 2 aliphatic rings. The van der Waals surface area contributed by atoms with Gasteiger partial charge in [0, 0.05) is 50.0 Å². The molecule has 0 atom stereocenters. The summed E-state index contributed by atoms with van der Waals surface area (Å²) in [5, 5.41) is 11.1. The number of carbonyl (C=O) groups is 1. The second-order valence-electron chi connectivity index (χ2n) is 7.60.